The van der Waals surface area contributed by atoms with Crippen LogP contribution in [0.15, 0.2) is 42.7 Å². The molecule has 3 aliphatic rings. The lowest BCUT2D eigenvalue weighted by Gasteiger charge is -2.48. The second-order valence-corrected chi connectivity index (χ2v) is 6.97. The van der Waals surface area contributed by atoms with Gasteiger partial charge in [-0.3, -0.25) is 9.47 Å². The highest BCUT2D eigenvalue weighted by atomic mass is 19.1. The number of hydrogen-bond donors (Lipinski definition) is 1. The molecule has 4 atom stereocenters. The number of piperidine rings is 3. The van der Waals surface area contributed by atoms with Crippen LogP contribution in [0.4, 0.5) is 9.18 Å². The summed E-state index contributed by atoms with van der Waals surface area (Å²) in [6.45, 7) is 4.33. The Kier molecular flexibility index (Phi) is 3.88. The topological polar surface area (TPSA) is 37.3 Å². The van der Waals surface area contributed by atoms with E-state index in [1.54, 1.807) is 36.7 Å². The number of rotatable bonds is 2. The van der Waals surface area contributed by atoms with Gasteiger partial charge in [0, 0.05) is 42.1 Å². The zero-order valence-corrected chi connectivity index (χ0v) is 13.8. The Morgan fingerprint density at radius 3 is 2.83 bits per heavy atom. The molecule has 5 heteroatoms. The fraction of sp³-hybridized carbons (Fsp3) is 0.421. The van der Waals surface area contributed by atoms with E-state index in [1.807, 2.05) is 0 Å². The van der Waals surface area contributed by atoms with Crippen molar-refractivity contribution in [1.82, 2.24) is 14.8 Å². The van der Waals surface area contributed by atoms with Crippen LogP contribution < -0.4 is 5.32 Å². The Bertz CT molecular complexity index is 757. The van der Waals surface area contributed by atoms with Gasteiger partial charge in [0.05, 0.1) is 0 Å². The summed E-state index contributed by atoms with van der Waals surface area (Å²) < 4.78 is 15.4. The van der Waals surface area contributed by atoms with Crippen molar-refractivity contribution >= 4 is 6.03 Å². The number of fused-ring (bicyclic) bond motifs is 3. The van der Waals surface area contributed by atoms with Crippen molar-refractivity contribution in [2.24, 2.45) is 5.92 Å². The lowest BCUT2D eigenvalue weighted by molar-refractivity contribution is 0.0322. The average Bonchev–Trinajstić information content (AvgIpc) is 3.06. The molecular formula is C19H22FN3O. The van der Waals surface area contributed by atoms with E-state index >= 15 is 0 Å². The molecule has 4 heterocycles. The first kappa shape index (κ1) is 15.4. The molecule has 0 spiro atoms. The highest BCUT2D eigenvalue weighted by Crippen LogP contribution is 2.32. The molecule has 126 valence electrons. The van der Waals surface area contributed by atoms with Crippen LogP contribution >= 0.6 is 0 Å². The minimum atomic E-state index is -0.276. The number of benzene rings is 1. The fourth-order valence-electron chi connectivity index (χ4n) is 4.07. The summed E-state index contributed by atoms with van der Waals surface area (Å²) in [6, 6.07) is 9.09. The number of nitrogens with one attached hydrogen (secondary N) is 1. The van der Waals surface area contributed by atoms with Gasteiger partial charge in [0.15, 0.2) is 0 Å². The molecule has 2 bridgehead atoms. The maximum absolute atomic E-state index is 13.9. The molecule has 1 N–H and O–H groups in total. The lowest BCUT2D eigenvalue weighted by atomic mass is 9.80. The minimum absolute atomic E-state index is 0.135. The van der Waals surface area contributed by atoms with Gasteiger partial charge in [-0.25, -0.2) is 9.18 Å². The number of aromatic nitrogens is 1. The molecule has 3 unspecified atom stereocenters. The standard InChI is InChI=1S/C19H22FN3O/c1-13-10-14-6-8-22(13)12-18(14)21-19(24)23-9-7-15(11-23)16-4-2-3-5-17(16)20/h2-5,7,9,11,13-14,18H,6,8,10,12H2,1H3,(H,21,24)/t13?,14?,18-/m0/s1. The second kappa shape index (κ2) is 6.06. The van der Waals surface area contributed by atoms with Gasteiger partial charge in [-0.2, -0.15) is 0 Å². The third-order valence-electron chi connectivity index (χ3n) is 5.48. The van der Waals surface area contributed by atoms with E-state index in [9.17, 15) is 9.18 Å². The highest BCUT2D eigenvalue weighted by Gasteiger charge is 2.38. The molecule has 3 saturated heterocycles. The number of carbonyl (C=O) groups excluding carboxylic acids is 1. The van der Waals surface area contributed by atoms with Crippen LogP contribution in [-0.2, 0) is 0 Å². The zero-order chi connectivity index (χ0) is 16.7. The van der Waals surface area contributed by atoms with Crippen LogP contribution in [0.2, 0.25) is 0 Å². The Morgan fingerprint density at radius 2 is 2.12 bits per heavy atom. The molecule has 0 saturated carbocycles. The molecule has 2 aromatic rings. The van der Waals surface area contributed by atoms with Gasteiger partial charge in [0.1, 0.15) is 5.82 Å². The summed E-state index contributed by atoms with van der Waals surface area (Å²) >= 11 is 0. The fourth-order valence-corrected chi connectivity index (χ4v) is 4.07. The van der Waals surface area contributed by atoms with Gasteiger partial charge < -0.3 is 5.32 Å². The summed E-state index contributed by atoms with van der Waals surface area (Å²) in [5.41, 5.74) is 1.23. The van der Waals surface area contributed by atoms with Crippen molar-refractivity contribution in [2.75, 3.05) is 13.1 Å². The first-order chi connectivity index (χ1) is 11.6. The van der Waals surface area contributed by atoms with Gasteiger partial charge in [0.25, 0.3) is 0 Å². The summed E-state index contributed by atoms with van der Waals surface area (Å²) in [4.78, 5) is 15.0. The van der Waals surface area contributed by atoms with Gasteiger partial charge >= 0.3 is 6.03 Å². The summed E-state index contributed by atoms with van der Waals surface area (Å²) in [5, 5.41) is 3.16. The number of halogens is 1. The molecule has 3 fully saturated rings. The van der Waals surface area contributed by atoms with Gasteiger partial charge in [-0.05, 0) is 44.4 Å². The van der Waals surface area contributed by atoms with E-state index in [1.165, 1.54) is 10.6 Å². The third-order valence-corrected chi connectivity index (χ3v) is 5.48. The maximum Gasteiger partial charge on any atom is 0.325 e. The van der Waals surface area contributed by atoms with Crippen LogP contribution in [0, 0.1) is 11.7 Å². The van der Waals surface area contributed by atoms with Crippen LogP contribution in [-0.4, -0.2) is 40.7 Å². The van der Waals surface area contributed by atoms with E-state index in [4.69, 9.17) is 0 Å². The smallest absolute Gasteiger partial charge is 0.325 e. The molecule has 1 amide bonds. The van der Waals surface area contributed by atoms with Crippen molar-refractivity contribution in [3.05, 3.63) is 48.5 Å². The SMILES string of the molecule is CC1CC2CCN1C[C@@H]2NC(=O)n1ccc(-c2ccccc2F)c1. The Hall–Kier alpha value is -2.14. The molecule has 0 aliphatic carbocycles. The van der Waals surface area contributed by atoms with E-state index in [-0.39, 0.29) is 17.9 Å². The predicted molar refractivity (Wildman–Crippen MR) is 91.3 cm³/mol. The van der Waals surface area contributed by atoms with Crippen LogP contribution in [0.25, 0.3) is 11.1 Å². The Morgan fingerprint density at radius 1 is 1.29 bits per heavy atom. The van der Waals surface area contributed by atoms with Crippen LogP contribution in [0.3, 0.4) is 0 Å². The molecule has 3 aliphatic heterocycles. The lowest BCUT2D eigenvalue weighted by Crippen LogP contribution is -2.60. The summed E-state index contributed by atoms with van der Waals surface area (Å²) in [6.07, 6.45) is 5.69. The van der Waals surface area contributed by atoms with Crippen molar-refractivity contribution in [1.29, 1.82) is 0 Å². The maximum atomic E-state index is 13.9. The van der Waals surface area contributed by atoms with Crippen molar-refractivity contribution < 1.29 is 9.18 Å². The quantitative estimate of drug-likeness (QED) is 0.918. The molecule has 1 aromatic heterocycles. The minimum Gasteiger partial charge on any atom is -0.333 e. The van der Waals surface area contributed by atoms with E-state index in [0.29, 0.717) is 23.1 Å². The van der Waals surface area contributed by atoms with Gasteiger partial charge in [-0.15, -0.1) is 0 Å². The summed E-state index contributed by atoms with van der Waals surface area (Å²) in [5.74, 6) is 0.289. The number of carbonyl (C=O) groups is 1. The number of amides is 1. The van der Waals surface area contributed by atoms with Crippen LogP contribution in [0.1, 0.15) is 19.8 Å². The highest BCUT2D eigenvalue weighted by molar-refractivity contribution is 5.79. The first-order valence-corrected chi connectivity index (χ1v) is 8.59. The molecule has 0 radical (unpaired) electrons. The molecule has 4 nitrogen and oxygen atoms in total. The molecule has 5 rings (SSSR count). The average molecular weight is 327 g/mol. The van der Waals surface area contributed by atoms with E-state index in [0.717, 1.165) is 25.9 Å². The van der Waals surface area contributed by atoms with E-state index in [2.05, 4.69) is 17.1 Å². The van der Waals surface area contributed by atoms with E-state index < -0.39 is 0 Å². The molecule has 24 heavy (non-hydrogen) atoms. The monoisotopic (exact) mass is 327 g/mol. The normalized spacial score (nSPS) is 28.8. The predicted octanol–water partition coefficient (Wildman–Crippen LogP) is 3.33. The Labute approximate surface area is 141 Å². The van der Waals surface area contributed by atoms with Crippen molar-refractivity contribution in [2.45, 2.75) is 31.8 Å². The molecule has 1 aromatic carbocycles. The second-order valence-electron chi connectivity index (χ2n) is 6.97. The summed E-state index contributed by atoms with van der Waals surface area (Å²) in [7, 11) is 0. The third kappa shape index (κ3) is 2.73. The Balaban J connectivity index is 1.47. The van der Waals surface area contributed by atoms with Crippen molar-refractivity contribution in [3.63, 3.8) is 0 Å². The van der Waals surface area contributed by atoms with Gasteiger partial charge in [-0.1, -0.05) is 18.2 Å². The largest absolute Gasteiger partial charge is 0.333 e. The number of hydrogen-bond acceptors (Lipinski definition) is 2. The van der Waals surface area contributed by atoms with Gasteiger partial charge in [0.2, 0.25) is 0 Å². The molecular weight excluding hydrogens is 305 g/mol. The first-order valence-electron chi connectivity index (χ1n) is 8.59. The van der Waals surface area contributed by atoms with Crippen molar-refractivity contribution in [3.8, 4) is 11.1 Å². The zero-order valence-electron chi connectivity index (χ0n) is 13.8. The number of nitrogens with zero attached hydrogens (tertiary/aromatic N) is 2. The van der Waals surface area contributed by atoms with Crippen LogP contribution in [0.5, 0.6) is 0 Å².